The molecule has 1 nitrogen and oxygen atoms in total. The van der Waals surface area contributed by atoms with Crippen LogP contribution in [0.5, 0.6) is 0 Å². The number of epoxide rings is 1. The summed E-state index contributed by atoms with van der Waals surface area (Å²) in [6.45, 7) is 8.81. The van der Waals surface area contributed by atoms with Crippen molar-refractivity contribution in [2.24, 2.45) is 0 Å². The van der Waals surface area contributed by atoms with E-state index < -0.39 is 0 Å². The van der Waals surface area contributed by atoms with Gasteiger partial charge in [-0.15, -0.1) is 0 Å². The number of ether oxygens (including phenoxy) is 1. The Morgan fingerprint density at radius 2 is 2.07 bits per heavy atom. The summed E-state index contributed by atoms with van der Waals surface area (Å²) >= 11 is 0. The van der Waals surface area contributed by atoms with Crippen molar-refractivity contribution >= 4 is 0 Å². The summed E-state index contributed by atoms with van der Waals surface area (Å²) in [7, 11) is 0. The molecule has 14 heavy (non-hydrogen) atoms. The highest BCUT2D eigenvalue weighted by Crippen LogP contribution is 2.59. The van der Waals surface area contributed by atoms with E-state index in [1.807, 2.05) is 0 Å². The lowest BCUT2D eigenvalue weighted by molar-refractivity contribution is 0.294. The minimum absolute atomic E-state index is 0.00505. The Balaban J connectivity index is 2.21. The average Bonchev–Trinajstić information content (AvgIpc) is 2.69. The minimum atomic E-state index is 0.00505. The van der Waals surface area contributed by atoms with Gasteiger partial charge in [-0.1, -0.05) is 31.4 Å². The molecular formula is C13H20O. The van der Waals surface area contributed by atoms with Crippen molar-refractivity contribution in [3.8, 4) is 0 Å². The second-order valence-corrected chi connectivity index (χ2v) is 4.86. The van der Waals surface area contributed by atoms with E-state index in [0.29, 0.717) is 0 Å². The van der Waals surface area contributed by atoms with Gasteiger partial charge in [-0.05, 0) is 38.8 Å². The third kappa shape index (κ3) is 1.18. The Hall–Kier alpha value is -0.560. The van der Waals surface area contributed by atoms with Crippen molar-refractivity contribution in [3.05, 3.63) is 23.3 Å². The van der Waals surface area contributed by atoms with Crippen LogP contribution < -0.4 is 0 Å². The summed E-state index contributed by atoms with van der Waals surface area (Å²) in [5, 5.41) is 0. The Morgan fingerprint density at radius 3 is 2.64 bits per heavy atom. The number of rotatable bonds is 3. The highest BCUT2D eigenvalue weighted by molar-refractivity contribution is 5.46. The molecule has 0 N–H and O–H groups in total. The zero-order chi connectivity index (χ0) is 10.4. The van der Waals surface area contributed by atoms with Crippen LogP contribution in [-0.2, 0) is 4.74 Å². The molecule has 78 valence electrons. The lowest BCUT2D eigenvalue weighted by atomic mass is 9.79. The normalized spacial score (nSPS) is 40.0. The predicted octanol–water partition coefficient (Wildman–Crippen LogP) is 3.61. The first kappa shape index (κ1) is 9.97. The van der Waals surface area contributed by atoms with Crippen molar-refractivity contribution in [3.63, 3.8) is 0 Å². The molecule has 0 aromatic heterocycles. The van der Waals surface area contributed by atoms with Gasteiger partial charge in [0, 0.05) is 0 Å². The fraction of sp³-hybridized carbons (Fsp3) is 0.692. The van der Waals surface area contributed by atoms with Crippen LogP contribution in [0, 0.1) is 0 Å². The molecule has 0 aromatic rings. The van der Waals surface area contributed by atoms with Gasteiger partial charge in [0.1, 0.15) is 11.2 Å². The standard InChI is InChI=1S/C13H20O/c1-5-6-7-13-11(3)8-10(2)9-12(13,4)14-13/h8-9H,5-7H2,1-4H3. The van der Waals surface area contributed by atoms with Gasteiger partial charge in [0.05, 0.1) is 0 Å². The van der Waals surface area contributed by atoms with Crippen LogP contribution in [0.2, 0.25) is 0 Å². The van der Waals surface area contributed by atoms with Gasteiger partial charge < -0.3 is 4.74 Å². The molecule has 2 rings (SSSR count). The molecule has 1 aliphatic carbocycles. The van der Waals surface area contributed by atoms with Gasteiger partial charge in [-0.25, -0.2) is 0 Å². The SMILES string of the molecule is CCCCC12OC1(C)C=C(C)C=C2C. The zero-order valence-corrected chi connectivity index (χ0v) is 9.68. The maximum atomic E-state index is 5.99. The van der Waals surface area contributed by atoms with Gasteiger partial charge in [0.25, 0.3) is 0 Å². The Morgan fingerprint density at radius 1 is 1.36 bits per heavy atom. The van der Waals surface area contributed by atoms with E-state index in [0.717, 1.165) is 0 Å². The quantitative estimate of drug-likeness (QED) is 0.622. The van der Waals surface area contributed by atoms with Crippen LogP contribution >= 0.6 is 0 Å². The summed E-state index contributed by atoms with van der Waals surface area (Å²) in [6.07, 6.45) is 8.22. The summed E-state index contributed by atoms with van der Waals surface area (Å²) < 4.78 is 5.99. The summed E-state index contributed by atoms with van der Waals surface area (Å²) in [6, 6.07) is 0. The van der Waals surface area contributed by atoms with Crippen LogP contribution in [-0.4, -0.2) is 11.2 Å². The minimum Gasteiger partial charge on any atom is -0.354 e. The molecule has 0 aromatic carbocycles. The molecule has 0 bridgehead atoms. The molecular weight excluding hydrogens is 172 g/mol. The Labute approximate surface area is 86.8 Å². The number of unbranched alkanes of at least 4 members (excludes halogenated alkanes) is 1. The molecule has 2 unspecified atom stereocenters. The molecule has 0 saturated carbocycles. The smallest absolute Gasteiger partial charge is 0.123 e. The molecule has 1 aliphatic heterocycles. The van der Waals surface area contributed by atoms with Gasteiger partial charge in [-0.2, -0.15) is 0 Å². The van der Waals surface area contributed by atoms with E-state index in [2.05, 4.69) is 39.8 Å². The van der Waals surface area contributed by atoms with Gasteiger partial charge in [-0.3, -0.25) is 0 Å². The van der Waals surface area contributed by atoms with Crippen molar-refractivity contribution in [1.29, 1.82) is 0 Å². The molecule has 1 heteroatoms. The zero-order valence-electron chi connectivity index (χ0n) is 9.68. The first-order valence-corrected chi connectivity index (χ1v) is 5.62. The van der Waals surface area contributed by atoms with Crippen LogP contribution in [0.4, 0.5) is 0 Å². The summed E-state index contributed by atoms with van der Waals surface area (Å²) in [5.41, 5.74) is 2.82. The van der Waals surface area contributed by atoms with E-state index in [1.54, 1.807) is 0 Å². The van der Waals surface area contributed by atoms with Gasteiger partial charge in [0.2, 0.25) is 0 Å². The highest BCUT2D eigenvalue weighted by Gasteiger charge is 2.66. The molecule has 2 atom stereocenters. The number of fused-ring (bicyclic) bond motifs is 1. The Kier molecular flexibility index (Phi) is 2.11. The van der Waals surface area contributed by atoms with Crippen LogP contribution in [0.1, 0.15) is 47.0 Å². The molecule has 1 fully saturated rings. The van der Waals surface area contributed by atoms with E-state index >= 15 is 0 Å². The van der Waals surface area contributed by atoms with Crippen LogP contribution in [0.15, 0.2) is 23.3 Å². The van der Waals surface area contributed by atoms with Gasteiger partial charge >= 0.3 is 0 Å². The van der Waals surface area contributed by atoms with E-state index in [9.17, 15) is 0 Å². The summed E-state index contributed by atoms with van der Waals surface area (Å²) in [5.74, 6) is 0. The van der Waals surface area contributed by atoms with Crippen molar-refractivity contribution in [2.45, 2.75) is 58.2 Å². The second-order valence-electron chi connectivity index (χ2n) is 4.86. The van der Waals surface area contributed by atoms with Gasteiger partial charge in [0.15, 0.2) is 0 Å². The number of hydrogen-bond acceptors (Lipinski definition) is 1. The maximum Gasteiger partial charge on any atom is 0.123 e. The number of allylic oxidation sites excluding steroid dienone is 2. The molecule has 0 amide bonds. The molecule has 0 spiro atoms. The topological polar surface area (TPSA) is 12.5 Å². The third-order valence-corrected chi connectivity index (χ3v) is 3.61. The van der Waals surface area contributed by atoms with E-state index in [1.165, 1.54) is 30.4 Å². The first-order valence-electron chi connectivity index (χ1n) is 5.62. The van der Waals surface area contributed by atoms with Crippen molar-refractivity contribution < 1.29 is 4.74 Å². The first-order chi connectivity index (χ1) is 6.54. The fourth-order valence-corrected chi connectivity index (χ4v) is 2.81. The van der Waals surface area contributed by atoms with Crippen molar-refractivity contribution in [2.75, 3.05) is 0 Å². The van der Waals surface area contributed by atoms with Crippen molar-refractivity contribution in [1.82, 2.24) is 0 Å². The molecule has 2 aliphatic rings. The average molecular weight is 192 g/mol. The van der Waals surface area contributed by atoms with Crippen LogP contribution in [0.25, 0.3) is 0 Å². The second kappa shape index (κ2) is 2.96. The highest BCUT2D eigenvalue weighted by atomic mass is 16.6. The fourth-order valence-electron chi connectivity index (χ4n) is 2.81. The largest absolute Gasteiger partial charge is 0.354 e. The summed E-state index contributed by atoms with van der Waals surface area (Å²) in [4.78, 5) is 0. The van der Waals surface area contributed by atoms with E-state index in [-0.39, 0.29) is 11.2 Å². The van der Waals surface area contributed by atoms with E-state index in [4.69, 9.17) is 4.74 Å². The number of hydrogen-bond donors (Lipinski definition) is 0. The lowest BCUT2D eigenvalue weighted by Crippen LogP contribution is -2.26. The predicted molar refractivity (Wildman–Crippen MR) is 59.3 cm³/mol. The Bertz CT molecular complexity index is 313. The third-order valence-electron chi connectivity index (χ3n) is 3.61. The lowest BCUT2D eigenvalue weighted by Gasteiger charge is -2.20. The molecule has 1 heterocycles. The molecule has 1 saturated heterocycles. The monoisotopic (exact) mass is 192 g/mol. The maximum absolute atomic E-state index is 5.99. The molecule has 0 radical (unpaired) electrons. The van der Waals surface area contributed by atoms with Crippen LogP contribution in [0.3, 0.4) is 0 Å².